The summed E-state index contributed by atoms with van der Waals surface area (Å²) in [5.74, 6) is -2.21. The highest BCUT2D eigenvalue weighted by atomic mass is 19.1. The van der Waals surface area contributed by atoms with Crippen molar-refractivity contribution in [1.29, 1.82) is 0 Å². The Bertz CT molecular complexity index is 1850. The van der Waals surface area contributed by atoms with E-state index >= 15 is 8.78 Å². The smallest absolute Gasteiger partial charge is 0.249 e. The third-order valence-corrected chi connectivity index (χ3v) is 12.1. The molecule has 0 saturated carbocycles. The number of primary amides is 2. The number of amides is 4. The first-order valence-corrected chi connectivity index (χ1v) is 18.6. The van der Waals surface area contributed by atoms with Gasteiger partial charge in [0.2, 0.25) is 23.6 Å². The van der Waals surface area contributed by atoms with E-state index in [0.29, 0.717) is 61.3 Å². The number of halogens is 2. The number of likely N-dealkylation sites (tertiary alicyclic amines) is 2. The molecule has 1 unspecified atom stereocenters. The molecule has 52 heavy (non-hydrogen) atoms. The van der Waals surface area contributed by atoms with Crippen LogP contribution >= 0.6 is 0 Å². The summed E-state index contributed by atoms with van der Waals surface area (Å²) in [4.78, 5) is 51.3. The van der Waals surface area contributed by atoms with E-state index in [9.17, 15) is 19.2 Å². The molecule has 8 rings (SSSR count). The number of nitrogens with zero attached hydrogens (tertiary/aromatic N) is 2. The van der Waals surface area contributed by atoms with Crippen molar-refractivity contribution in [3.63, 3.8) is 0 Å². The van der Waals surface area contributed by atoms with Crippen molar-refractivity contribution in [3.05, 3.63) is 105 Å². The van der Waals surface area contributed by atoms with Crippen LogP contribution in [0.3, 0.4) is 0 Å². The van der Waals surface area contributed by atoms with E-state index in [2.05, 4.69) is 13.2 Å². The van der Waals surface area contributed by atoms with Crippen LogP contribution in [0, 0.1) is 11.6 Å². The van der Waals surface area contributed by atoms with E-state index in [0.717, 1.165) is 86.5 Å². The number of carbonyl (C=O) groups excluding carboxylic acids is 4. The van der Waals surface area contributed by atoms with Crippen LogP contribution in [0.1, 0.15) is 130 Å². The molecular formula is C42H46F2N4O4. The van der Waals surface area contributed by atoms with Crippen molar-refractivity contribution in [1.82, 2.24) is 9.80 Å². The maximum atomic E-state index is 15.2. The molecule has 2 heterocycles. The molecule has 2 aromatic carbocycles. The first-order valence-electron chi connectivity index (χ1n) is 18.6. The van der Waals surface area contributed by atoms with E-state index in [1.165, 1.54) is 46.6 Å². The van der Waals surface area contributed by atoms with Gasteiger partial charge in [0.15, 0.2) is 0 Å². The molecular weight excluding hydrogens is 662 g/mol. The second kappa shape index (κ2) is 14.3. The highest BCUT2D eigenvalue weighted by Crippen LogP contribution is 2.50. The summed E-state index contributed by atoms with van der Waals surface area (Å²) in [6.07, 6.45) is 13.4. The first kappa shape index (κ1) is 35.5. The van der Waals surface area contributed by atoms with E-state index in [1.54, 1.807) is 9.80 Å². The number of nitrogens with two attached hydrogens (primary N) is 2. The molecule has 4 aliphatic carbocycles. The minimum atomic E-state index is -0.569. The van der Waals surface area contributed by atoms with E-state index < -0.39 is 11.8 Å². The summed E-state index contributed by atoms with van der Waals surface area (Å²) in [5.41, 5.74) is 21.7. The van der Waals surface area contributed by atoms with Gasteiger partial charge in [0.05, 0.1) is 0 Å². The zero-order valence-electron chi connectivity index (χ0n) is 29.6. The third-order valence-electron chi connectivity index (χ3n) is 12.1. The first-order chi connectivity index (χ1) is 25.0. The number of benzene rings is 2. The molecule has 2 aromatic rings. The van der Waals surface area contributed by atoms with Gasteiger partial charge in [-0.05, 0) is 135 Å². The lowest BCUT2D eigenvalue weighted by atomic mass is 9.82. The number of rotatable bonds is 6. The Labute approximate surface area is 303 Å². The molecule has 272 valence electrons. The van der Waals surface area contributed by atoms with Gasteiger partial charge in [-0.1, -0.05) is 24.3 Å². The number of piperidine rings is 2. The van der Waals surface area contributed by atoms with Gasteiger partial charge in [-0.3, -0.25) is 19.2 Å². The number of hydrogen-bond acceptors (Lipinski definition) is 4. The average Bonchev–Trinajstić information content (AvgIpc) is 3.93. The van der Waals surface area contributed by atoms with Crippen LogP contribution in [-0.4, -0.2) is 59.6 Å². The minimum absolute atomic E-state index is 0.0595. The molecule has 0 spiro atoms. The van der Waals surface area contributed by atoms with Crippen LogP contribution in [0.25, 0.3) is 11.1 Å². The van der Waals surface area contributed by atoms with Gasteiger partial charge in [-0.25, -0.2) is 8.78 Å². The molecule has 2 atom stereocenters. The Kier molecular flexibility index (Phi) is 9.76. The molecule has 4 amide bonds. The van der Waals surface area contributed by atoms with Gasteiger partial charge >= 0.3 is 0 Å². The quantitative estimate of drug-likeness (QED) is 0.327. The van der Waals surface area contributed by atoms with Crippen LogP contribution in [0.15, 0.2) is 48.6 Å². The SMILES string of the molecule is C=CC(=O)N1CCCC(c2c(F)cc(C(N)=O)c3c2C2=C(CCC2)C3)C1.C=CC(=O)N1CCC[C@@H](c2c(F)cc(C(N)=O)c3c2C2=C(CCC2)C3)C1. The minimum Gasteiger partial charge on any atom is -0.366 e. The van der Waals surface area contributed by atoms with E-state index in [-0.39, 0.29) is 35.3 Å². The van der Waals surface area contributed by atoms with Gasteiger partial charge in [-0.2, -0.15) is 0 Å². The predicted octanol–water partition coefficient (Wildman–Crippen LogP) is 6.62. The number of hydrogen-bond donors (Lipinski definition) is 2. The van der Waals surface area contributed by atoms with E-state index in [4.69, 9.17) is 11.5 Å². The summed E-state index contributed by atoms with van der Waals surface area (Å²) in [6, 6.07) is 2.62. The van der Waals surface area contributed by atoms with Crippen LogP contribution in [0.2, 0.25) is 0 Å². The molecule has 2 saturated heterocycles. The Hall–Kier alpha value is -4.86. The van der Waals surface area contributed by atoms with Crippen LogP contribution in [-0.2, 0) is 22.4 Å². The van der Waals surface area contributed by atoms with Gasteiger partial charge in [0.1, 0.15) is 11.6 Å². The van der Waals surface area contributed by atoms with Gasteiger partial charge in [0.25, 0.3) is 0 Å². The largest absolute Gasteiger partial charge is 0.366 e. The van der Waals surface area contributed by atoms with Crippen LogP contribution in [0.4, 0.5) is 8.78 Å². The lowest BCUT2D eigenvalue weighted by molar-refractivity contribution is -0.127. The van der Waals surface area contributed by atoms with Crippen LogP contribution < -0.4 is 11.5 Å². The second-order valence-corrected chi connectivity index (χ2v) is 15.0. The molecule has 8 nitrogen and oxygen atoms in total. The third kappa shape index (κ3) is 6.20. The molecule has 2 fully saturated rings. The normalized spacial score (nSPS) is 21.6. The van der Waals surface area contributed by atoms with Crippen molar-refractivity contribution in [2.45, 2.75) is 88.9 Å². The zero-order valence-corrected chi connectivity index (χ0v) is 29.6. The summed E-state index contributed by atoms with van der Waals surface area (Å²) >= 11 is 0. The maximum Gasteiger partial charge on any atom is 0.249 e. The number of allylic oxidation sites excluding steroid dienone is 4. The lowest BCUT2D eigenvalue weighted by Gasteiger charge is -2.34. The fraction of sp³-hybridized carbons (Fsp3) is 0.429. The highest BCUT2D eigenvalue weighted by molar-refractivity contribution is 5.99. The molecule has 10 heteroatoms. The van der Waals surface area contributed by atoms with Gasteiger partial charge < -0.3 is 21.3 Å². The second-order valence-electron chi connectivity index (χ2n) is 15.0. The maximum absolute atomic E-state index is 15.2. The molecule has 0 aromatic heterocycles. The summed E-state index contributed by atoms with van der Waals surface area (Å²) < 4.78 is 30.3. The van der Waals surface area contributed by atoms with E-state index in [1.807, 2.05) is 0 Å². The fourth-order valence-corrected chi connectivity index (χ4v) is 9.83. The standard InChI is InChI=1S/2C21H23FN2O2/c2*1-2-18(25)24-8-4-6-13(11-24)19-17(22)10-16(21(23)26)15-9-12-5-3-7-14(12)20(15)19/h2*2,10,13H,1,3-9,11H2,(H2,23,26)/t13-;/m1./s1. The van der Waals surface area contributed by atoms with Gasteiger partial charge in [0, 0.05) is 60.3 Å². The van der Waals surface area contributed by atoms with Crippen LogP contribution in [0.5, 0.6) is 0 Å². The number of fused-ring (bicyclic) bond motifs is 4. The topological polar surface area (TPSA) is 127 Å². The zero-order chi connectivity index (χ0) is 36.8. The lowest BCUT2D eigenvalue weighted by Crippen LogP contribution is -2.38. The Morgan fingerprint density at radius 1 is 0.654 bits per heavy atom. The van der Waals surface area contributed by atoms with Crippen molar-refractivity contribution in [2.75, 3.05) is 26.2 Å². The highest BCUT2D eigenvalue weighted by Gasteiger charge is 2.38. The Morgan fingerprint density at radius 2 is 1.06 bits per heavy atom. The molecule has 0 radical (unpaired) electrons. The Morgan fingerprint density at radius 3 is 1.42 bits per heavy atom. The molecule has 4 N–H and O–H groups in total. The van der Waals surface area contributed by atoms with Gasteiger partial charge in [-0.15, -0.1) is 0 Å². The van der Waals surface area contributed by atoms with Crippen molar-refractivity contribution < 1.29 is 28.0 Å². The average molecular weight is 709 g/mol. The monoisotopic (exact) mass is 708 g/mol. The van der Waals surface area contributed by atoms with Crippen molar-refractivity contribution in [2.24, 2.45) is 11.5 Å². The predicted molar refractivity (Wildman–Crippen MR) is 196 cm³/mol. The van der Waals surface area contributed by atoms with Crippen molar-refractivity contribution >= 4 is 34.8 Å². The van der Waals surface area contributed by atoms with Crippen molar-refractivity contribution in [3.8, 4) is 0 Å². The number of carbonyl (C=O) groups is 4. The molecule has 0 bridgehead atoms. The molecule has 6 aliphatic rings. The summed E-state index contributed by atoms with van der Waals surface area (Å²) in [5, 5.41) is 0. The summed E-state index contributed by atoms with van der Waals surface area (Å²) in [7, 11) is 0. The summed E-state index contributed by atoms with van der Waals surface area (Å²) in [6.45, 7) is 9.46. The fourth-order valence-electron chi connectivity index (χ4n) is 9.83. The Balaban J connectivity index is 0.000000162. The molecule has 2 aliphatic heterocycles.